The van der Waals surface area contributed by atoms with Crippen molar-refractivity contribution < 1.29 is 14.3 Å². The number of nitrogens with one attached hydrogen (secondary N) is 1. The molecule has 132 valence electrons. The van der Waals surface area contributed by atoms with Crippen molar-refractivity contribution in [2.45, 2.75) is 33.1 Å². The molecule has 0 bridgehead atoms. The summed E-state index contributed by atoms with van der Waals surface area (Å²) in [5, 5.41) is 2.75. The van der Waals surface area contributed by atoms with E-state index in [9.17, 15) is 9.59 Å². The molecule has 5 heteroatoms. The highest BCUT2D eigenvalue weighted by molar-refractivity contribution is 9.10. The summed E-state index contributed by atoms with van der Waals surface area (Å²) in [5.74, 6) is 0.848. The zero-order chi connectivity index (χ0) is 18.4. The van der Waals surface area contributed by atoms with Gasteiger partial charge in [0.2, 0.25) is 0 Å². The number of Topliss-reactive ketones (excluding diaryl/α,β-unsaturated/α-hetero) is 1. The molecule has 0 spiro atoms. The first kappa shape index (κ1) is 19.2. The third-order valence-corrected chi connectivity index (χ3v) is 4.69. The van der Waals surface area contributed by atoms with E-state index in [1.54, 1.807) is 24.3 Å². The summed E-state index contributed by atoms with van der Waals surface area (Å²) in [5.41, 5.74) is 2.47. The third kappa shape index (κ3) is 5.43. The lowest BCUT2D eigenvalue weighted by atomic mass is 9.99. The normalized spacial score (nSPS) is 11.7. The van der Waals surface area contributed by atoms with Crippen LogP contribution in [0.2, 0.25) is 0 Å². The molecule has 2 aromatic rings. The summed E-state index contributed by atoms with van der Waals surface area (Å²) < 4.78 is 6.43. The van der Waals surface area contributed by atoms with Crippen molar-refractivity contribution in [2.75, 3.05) is 11.9 Å². The van der Waals surface area contributed by atoms with E-state index in [-0.39, 0.29) is 18.3 Å². The van der Waals surface area contributed by atoms with Gasteiger partial charge in [0.05, 0.1) is 4.47 Å². The van der Waals surface area contributed by atoms with Gasteiger partial charge in [0.25, 0.3) is 5.91 Å². The predicted octanol–water partition coefficient (Wildman–Crippen LogP) is 5.18. The molecule has 1 atom stereocenters. The SMILES string of the molecule is CCC(C)c1ccc(OCC(=O)Nc2ccc(C(C)=O)cc2)c(Br)c1. The number of carbonyl (C=O) groups excluding carboxylic acids is 2. The fourth-order valence-electron chi connectivity index (χ4n) is 2.31. The molecular formula is C20H22BrNO3. The highest BCUT2D eigenvalue weighted by Gasteiger charge is 2.10. The van der Waals surface area contributed by atoms with Crippen LogP contribution >= 0.6 is 15.9 Å². The summed E-state index contributed by atoms with van der Waals surface area (Å²) in [6.07, 6.45) is 1.07. The van der Waals surface area contributed by atoms with E-state index in [1.807, 2.05) is 18.2 Å². The minimum Gasteiger partial charge on any atom is -0.483 e. The molecule has 2 rings (SSSR count). The molecule has 0 saturated heterocycles. The average Bonchev–Trinajstić information content (AvgIpc) is 2.60. The maximum absolute atomic E-state index is 12.0. The first-order valence-electron chi connectivity index (χ1n) is 8.23. The molecule has 0 fully saturated rings. The number of benzene rings is 2. The second-order valence-corrected chi connectivity index (χ2v) is 6.82. The number of ketones is 1. The standard InChI is InChI=1S/C20H22BrNO3/c1-4-13(2)16-7-10-19(18(21)11-16)25-12-20(24)22-17-8-5-15(6-9-17)14(3)23/h5-11,13H,4,12H2,1-3H3,(H,22,24). The number of anilines is 1. The lowest BCUT2D eigenvalue weighted by Crippen LogP contribution is -2.20. The van der Waals surface area contributed by atoms with Gasteiger partial charge in [0.1, 0.15) is 5.75 Å². The number of hydrogen-bond donors (Lipinski definition) is 1. The Morgan fingerprint density at radius 2 is 1.84 bits per heavy atom. The van der Waals surface area contributed by atoms with Crippen LogP contribution < -0.4 is 10.1 Å². The molecule has 25 heavy (non-hydrogen) atoms. The summed E-state index contributed by atoms with van der Waals surface area (Å²) >= 11 is 3.49. The van der Waals surface area contributed by atoms with Crippen LogP contribution in [0.15, 0.2) is 46.9 Å². The number of amides is 1. The van der Waals surface area contributed by atoms with Gasteiger partial charge in [0.15, 0.2) is 12.4 Å². The number of carbonyl (C=O) groups is 2. The molecule has 0 aliphatic rings. The molecular weight excluding hydrogens is 382 g/mol. The summed E-state index contributed by atoms with van der Waals surface area (Å²) in [4.78, 5) is 23.3. The third-order valence-electron chi connectivity index (χ3n) is 4.07. The van der Waals surface area contributed by atoms with Gasteiger partial charge in [-0.2, -0.15) is 0 Å². The molecule has 0 aliphatic carbocycles. The highest BCUT2D eigenvalue weighted by atomic mass is 79.9. The molecule has 0 heterocycles. The van der Waals surface area contributed by atoms with Gasteiger partial charge in [0, 0.05) is 11.3 Å². The molecule has 0 aromatic heterocycles. The largest absolute Gasteiger partial charge is 0.483 e. The first-order valence-corrected chi connectivity index (χ1v) is 9.03. The van der Waals surface area contributed by atoms with E-state index in [1.165, 1.54) is 12.5 Å². The van der Waals surface area contributed by atoms with Crippen molar-refractivity contribution in [1.82, 2.24) is 0 Å². The van der Waals surface area contributed by atoms with E-state index >= 15 is 0 Å². The Morgan fingerprint density at radius 3 is 2.40 bits per heavy atom. The smallest absolute Gasteiger partial charge is 0.262 e. The van der Waals surface area contributed by atoms with Crippen molar-refractivity contribution in [3.63, 3.8) is 0 Å². The zero-order valence-electron chi connectivity index (χ0n) is 14.6. The van der Waals surface area contributed by atoms with Crippen molar-refractivity contribution in [2.24, 2.45) is 0 Å². The molecule has 0 saturated carbocycles. The van der Waals surface area contributed by atoms with Crippen LogP contribution in [-0.2, 0) is 4.79 Å². The van der Waals surface area contributed by atoms with Gasteiger partial charge in [-0.1, -0.05) is 19.9 Å². The highest BCUT2D eigenvalue weighted by Crippen LogP contribution is 2.30. The maximum atomic E-state index is 12.0. The fraction of sp³-hybridized carbons (Fsp3) is 0.300. The van der Waals surface area contributed by atoms with Crippen LogP contribution in [0.25, 0.3) is 0 Å². The lowest BCUT2D eigenvalue weighted by Gasteiger charge is -2.13. The van der Waals surface area contributed by atoms with Gasteiger partial charge in [-0.05, 0) is 77.2 Å². The average molecular weight is 404 g/mol. The van der Waals surface area contributed by atoms with Gasteiger partial charge in [-0.15, -0.1) is 0 Å². The van der Waals surface area contributed by atoms with Crippen LogP contribution in [0.4, 0.5) is 5.69 Å². The lowest BCUT2D eigenvalue weighted by molar-refractivity contribution is -0.118. The molecule has 1 unspecified atom stereocenters. The second-order valence-electron chi connectivity index (χ2n) is 5.97. The second kappa shape index (κ2) is 8.81. The van der Waals surface area contributed by atoms with Crippen LogP contribution in [0.1, 0.15) is 49.0 Å². The van der Waals surface area contributed by atoms with Crippen molar-refractivity contribution in [3.8, 4) is 5.75 Å². The van der Waals surface area contributed by atoms with E-state index in [0.29, 0.717) is 22.9 Å². The Labute approximate surface area is 156 Å². The molecule has 2 aromatic carbocycles. The predicted molar refractivity (Wildman–Crippen MR) is 103 cm³/mol. The van der Waals surface area contributed by atoms with Crippen LogP contribution in [-0.4, -0.2) is 18.3 Å². The van der Waals surface area contributed by atoms with E-state index in [0.717, 1.165) is 10.9 Å². The van der Waals surface area contributed by atoms with Crippen molar-refractivity contribution in [1.29, 1.82) is 0 Å². The number of hydrogen-bond acceptors (Lipinski definition) is 3. The van der Waals surface area contributed by atoms with Gasteiger partial charge in [-0.25, -0.2) is 0 Å². The first-order chi connectivity index (χ1) is 11.9. The van der Waals surface area contributed by atoms with E-state index in [2.05, 4.69) is 35.1 Å². The topological polar surface area (TPSA) is 55.4 Å². The minimum absolute atomic E-state index is 0.00750. The maximum Gasteiger partial charge on any atom is 0.262 e. The van der Waals surface area contributed by atoms with E-state index in [4.69, 9.17) is 4.74 Å². The minimum atomic E-state index is -0.256. The summed E-state index contributed by atoms with van der Waals surface area (Å²) in [6, 6.07) is 12.7. The van der Waals surface area contributed by atoms with Crippen LogP contribution in [0.3, 0.4) is 0 Å². The zero-order valence-corrected chi connectivity index (χ0v) is 16.2. The molecule has 0 aliphatic heterocycles. The van der Waals surface area contributed by atoms with E-state index < -0.39 is 0 Å². The number of rotatable bonds is 7. The van der Waals surface area contributed by atoms with Crippen molar-refractivity contribution in [3.05, 3.63) is 58.1 Å². The number of halogens is 1. The number of ether oxygens (including phenoxy) is 1. The fourth-order valence-corrected chi connectivity index (χ4v) is 2.82. The summed E-state index contributed by atoms with van der Waals surface area (Å²) in [7, 11) is 0. The van der Waals surface area contributed by atoms with Gasteiger partial charge < -0.3 is 10.1 Å². The van der Waals surface area contributed by atoms with Crippen LogP contribution in [0.5, 0.6) is 5.75 Å². The quantitative estimate of drug-likeness (QED) is 0.647. The monoisotopic (exact) mass is 403 g/mol. The Kier molecular flexibility index (Phi) is 6.76. The Balaban J connectivity index is 1.92. The molecule has 0 radical (unpaired) electrons. The Bertz CT molecular complexity index is 756. The van der Waals surface area contributed by atoms with Crippen LogP contribution in [0, 0.1) is 0 Å². The van der Waals surface area contributed by atoms with Crippen molar-refractivity contribution >= 4 is 33.3 Å². The van der Waals surface area contributed by atoms with Gasteiger partial charge in [-0.3, -0.25) is 9.59 Å². The summed E-state index contributed by atoms with van der Waals surface area (Å²) in [6.45, 7) is 5.74. The molecule has 4 nitrogen and oxygen atoms in total. The Hall–Kier alpha value is -2.14. The Morgan fingerprint density at radius 1 is 1.16 bits per heavy atom. The van der Waals surface area contributed by atoms with Gasteiger partial charge >= 0.3 is 0 Å². The molecule has 1 N–H and O–H groups in total. The molecule has 1 amide bonds.